The Morgan fingerprint density at radius 3 is 3.14 bits per heavy atom. The second-order valence-corrected chi connectivity index (χ2v) is 5.73. The van der Waals surface area contributed by atoms with Crippen molar-refractivity contribution in [2.75, 3.05) is 20.2 Å². The van der Waals surface area contributed by atoms with Gasteiger partial charge in [-0.05, 0) is 37.6 Å². The number of ether oxygens (including phenoxy) is 2. The van der Waals surface area contributed by atoms with Gasteiger partial charge in [0, 0.05) is 18.5 Å². The van der Waals surface area contributed by atoms with Crippen LogP contribution in [0.4, 0.5) is 4.39 Å². The minimum absolute atomic E-state index is 0.0212. The Labute approximate surface area is 123 Å². The highest BCUT2D eigenvalue weighted by atomic mass is 19.1. The van der Waals surface area contributed by atoms with Crippen LogP contribution >= 0.6 is 0 Å². The van der Waals surface area contributed by atoms with Crippen LogP contribution in [0.5, 0.6) is 5.75 Å². The van der Waals surface area contributed by atoms with Gasteiger partial charge in [0.15, 0.2) is 0 Å². The molecule has 0 aromatic heterocycles. The van der Waals surface area contributed by atoms with E-state index in [1.807, 2.05) is 0 Å². The topological polar surface area (TPSA) is 38.8 Å². The quantitative estimate of drug-likeness (QED) is 0.801. The number of piperidine rings is 1. The van der Waals surface area contributed by atoms with E-state index in [9.17, 15) is 9.18 Å². The van der Waals surface area contributed by atoms with Crippen LogP contribution in [0.3, 0.4) is 0 Å². The summed E-state index contributed by atoms with van der Waals surface area (Å²) in [6, 6.07) is 4.45. The van der Waals surface area contributed by atoms with E-state index in [1.54, 1.807) is 6.07 Å². The minimum Gasteiger partial charge on any atom is -0.488 e. The fraction of sp³-hybridized carbons (Fsp3) is 0.562. The lowest BCUT2D eigenvalue weighted by molar-refractivity contribution is -0.148. The van der Waals surface area contributed by atoms with Gasteiger partial charge in [0.25, 0.3) is 0 Å². The lowest BCUT2D eigenvalue weighted by Crippen LogP contribution is -2.49. The van der Waals surface area contributed by atoms with Crippen molar-refractivity contribution in [2.45, 2.75) is 37.8 Å². The molecule has 0 bridgehead atoms. The number of benzene rings is 1. The maximum atomic E-state index is 13.2. The third-order valence-corrected chi connectivity index (χ3v) is 4.29. The first-order valence-corrected chi connectivity index (χ1v) is 7.44. The first-order chi connectivity index (χ1) is 10.2. The molecule has 0 radical (unpaired) electrons. The summed E-state index contributed by atoms with van der Waals surface area (Å²) in [6.45, 7) is 1.56. The SMILES string of the molecule is COC(=O)C1CCCCN1CC1Cc2cc(F)ccc2O1. The van der Waals surface area contributed by atoms with Crippen molar-refractivity contribution < 1.29 is 18.7 Å². The van der Waals surface area contributed by atoms with E-state index < -0.39 is 0 Å². The fourth-order valence-corrected chi connectivity index (χ4v) is 3.26. The number of hydrogen-bond acceptors (Lipinski definition) is 4. The number of nitrogens with zero attached hydrogens (tertiary/aromatic N) is 1. The van der Waals surface area contributed by atoms with E-state index in [1.165, 1.54) is 19.2 Å². The van der Waals surface area contributed by atoms with Gasteiger partial charge in [-0.1, -0.05) is 6.42 Å². The van der Waals surface area contributed by atoms with E-state index in [0.717, 1.165) is 37.1 Å². The molecule has 0 spiro atoms. The summed E-state index contributed by atoms with van der Waals surface area (Å²) < 4.78 is 24.0. The Hall–Kier alpha value is -1.62. The van der Waals surface area contributed by atoms with E-state index in [2.05, 4.69) is 4.90 Å². The zero-order valence-electron chi connectivity index (χ0n) is 12.2. The molecule has 0 saturated carbocycles. The molecule has 1 aromatic carbocycles. The second-order valence-electron chi connectivity index (χ2n) is 5.73. The maximum Gasteiger partial charge on any atom is 0.323 e. The van der Waals surface area contributed by atoms with Gasteiger partial charge in [-0.3, -0.25) is 9.69 Å². The Morgan fingerprint density at radius 1 is 1.48 bits per heavy atom. The molecule has 4 nitrogen and oxygen atoms in total. The Balaban J connectivity index is 1.65. The Bertz CT molecular complexity index is 534. The second kappa shape index (κ2) is 6.02. The van der Waals surface area contributed by atoms with Crippen LogP contribution in [-0.2, 0) is 16.0 Å². The highest BCUT2D eigenvalue weighted by Gasteiger charge is 2.33. The molecule has 0 aliphatic carbocycles. The molecule has 1 saturated heterocycles. The van der Waals surface area contributed by atoms with Crippen LogP contribution in [0.25, 0.3) is 0 Å². The van der Waals surface area contributed by atoms with Crippen LogP contribution in [0.15, 0.2) is 18.2 Å². The number of rotatable bonds is 3. The highest BCUT2D eigenvalue weighted by Crippen LogP contribution is 2.30. The van der Waals surface area contributed by atoms with E-state index in [0.29, 0.717) is 13.0 Å². The summed E-state index contributed by atoms with van der Waals surface area (Å²) in [7, 11) is 1.43. The van der Waals surface area contributed by atoms with Crippen molar-refractivity contribution in [3.63, 3.8) is 0 Å². The van der Waals surface area contributed by atoms with Gasteiger partial charge in [0.05, 0.1) is 7.11 Å². The molecule has 114 valence electrons. The zero-order chi connectivity index (χ0) is 14.8. The number of fused-ring (bicyclic) bond motifs is 1. The molecule has 2 aliphatic heterocycles. The average molecular weight is 293 g/mol. The molecular weight excluding hydrogens is 273 g/mol. The molecule has 3 rings (SSSR count). The van der Waals surface area contributed by atoms with Crippen LogP contribution in [0.1, 0.15) is 24.8 Å². The van der Waals surface area contributed by atoms with Gasteiger partial charge in [0.2, 0.25) is 0 Å². The summed E-state index contributed by atoms with van der Waals surface area (Å²) in [4.78, 5) is 14.0. The normalized spacial score (nSPS) is 25.2. The molecule has 2 aliphatic rings. The molecule has 0 N–H and O–H groups in total. The lowest BCUT2D eigenvalue weighted by Gasteiger charge is -2.34. The standard InChI is InChI=1S/C16H20FNO3/c1-20-16(19)14-4-2-3-7-18(14)10-13-9-11-8-12(17)5-6-15(11)21-13/h5-6,8,13-14H,2-4,7,9-10H2,1H3. The molecule has 0 amide bonds. The Kier molecular flexibility index (Phi) is 4.10. The van der Waals surface area contributed by atoms with Crippen LogP contribution in [0.2, 0.25) is 0 Å². The van der Waals surface area contributed by atoms with E-state index >= 15 is 0 Å². The van der Waals surface area contributed by atoms with E-state index in [4.69, 9.17) is 9.47 Å². The van der Waals surface area contributed by atoms with Crippen molar-refractivity contribution in [3.8, 4) is 5.75 Å². The number of hydrogen-bond donors (Lipinski definition) is 0. The Morgan fingerprint density at radius 2 is 2.33 bits per heavy atom. The van der Waals surface area contributed by atoms with Gasteiger partial charge in [-0.2, -0.15) is 0 Å². The molecule has 5 heteroatoms. The number of likely N-dealkylation sites (tertiary alicyclic amines) is 1. The monoisotopic (exact) mass is 293 g/mol. The van der Waals surface area contributed by atoms with Gasteiger partial charge in [-0.25, -0.2) is 4.39 Å². The first kappa shape index (κ1) is 14.3. The smallest absolute Gasteiger partial charge is 0.323 e. The van der Waals surface area contributed by atoms with Gasteiger partial charge < -0.3 is 9.47 Å². The third-order valence-electron chi connectivity index (χ3n) is 4.29. The molecular formula is C16H20FNO3. The number of halogens is 1. The van der Waals surface area contributed by atoms with Crippen molar-refractivity contribution >= 4 is 5.97 Å². The van der Waals surface area contributed by atoms with E-state index in [-0.39, 0.29) is 23.9 Å². The number of carbonyl (C=O) groups excluding carboxylic acids is 1. The molecule has 2 atom stereocenters. The number of methoxy groups -OCH3 is 1. The number of esters is 1. The largest absolute Gasteiger partial charge is 0.488 e. The summed E-state index contributed by atoms with van der Waals surface area (Å²) >= 11 is 0. The summed E-state index contributed by atoms with van der Waals surface area (Å²) in [5.74, 6) is 0.354. The fourth-order valence-electron chi connectivity index (χ4n) is 3.26. The van der Waals surface area contributed by atoms with Crippen LogP contribution < -0.4 is 4.74 Å². The highest BCUT2D eigenvalue weighted by molar-refractivity contribution is 5.75. The van der Waals surface area contributed by atoms with Crippen LogP contribution in [0, 0.1) is 5.82 Å². The lowest BCUT2D eigenvalue weighted by atomic mass is 10.0. The number of carbonyl (C=O) groups is 1. The predicted molar refractivity (Wildman–Crippen MR) is 75.7 cm³/mol. The van der Waals surface area contributed by atoms with Crippen molar-refractivity contribution in [1.29, 1.82) is 0 Å². The summed E-state index contributed by atoms with van der Waals surface area (Å²) in [5.41, 5.74) is 0.909. The third kappa shape index (κ3) is 3.02. The van der Waals surface area contributed by atoms with Gasteiger partial charge >= 0.3 is 5.97 Å². The van der Waals surface area contributed by atoms with Crippen molar-refractivity contribution in [3.05, 3.63) is 29.6 Å². The summed E-state index contributed by atoms with van der Waals surface area (Å²) in [6.07, 6.45) is 3.64. The molecule has 21 heavy (non-hydrogen) atoms. The first-order valence-electron chi connectivity index (χ1n) is 7.44. The molecule has 1 fully saturated rings. The van der Waals surface area contributed by atoms with Gasteiger partial charge in [-0.15, -0.1) is 0 Å². The predicted octanol–water partition coefficient (Wildman–Crippen LogP) is 2.16. The average Bonchev–Trinajstić information content (AvgIpc) is 2.88. The molecule has 1 aromatic rings. The molecule has 2 heterocycles. The minimum atomic E-state index is -0.233. The zero-order valence-corrected chi connectivity index (χ0v) is 12.2. The van der Waals surface area contributed by atoms with Gasteiger partial charge in [0.1, 0.15) is 23.7 Å². The molecule has 2 unspecified atom stereocenters. The van der Waals surface area contributed by atoms with Crippen molar-refractivity contribution in [1.82, 2.24) is 4.90 Å². The maximum absolute atomic E-state index is 13.2. The van der Waals surface area contributed by atoms with Crippen molar-refractivity contribution in [2.24, 2.45) is 0 Å². The van der Waals surface area contributed by atoms with Crippen LogP contribution in [-0.4, -0.2) is 43.2 Å². The summed E-state index contributed by atoms with van der Waals surface area (Å²) in [5, 5.41) is 0.